The SMILES string of the molecule is CCOC(=O)C(CC)C(C)(O)c1ccc(C)cc1C. The first-order valence-corrected chi connectivity index (χ1v) is 6.81. The van der Waals surface area contributed by atoms with Crippen molar-refractivity contribution in [3.05, 3.63) is 34.9 Å². The van der Waals surface area contributed by atoms with Crippen LogP contribution in [-0.4, -0.2) is 17.7 Å². The van der Waals surface area contributed by atoms with Gasteiger partial charge in [-0.1, -0.05) is 30.7 Å². The van der Waals surface area contributed by atoms with E-state index in [0.29, 0.717) is 13.0 Å². The Kier molecular flexibility index (Phi) is 5.12. The lowest BCUT2D eigenvalue weighted by Gasteiger charge is -2.32. The lowest BCUT2D eigenvalue weighted by molar-refractivity contribution is -0.158. The summed E-state index contributed by atoms with van der Waals surface area (Å²) in [4.78, 5) is 12.0. The van der Waals surface area contributed by atoms with Gasteiger partial charge >= 0.3 is 5.97 Å². The highest BCUT2D eigenvalue weighted by Gasteiger charge is 2.39. The van der Waals surface area contributed by atoms with Crippen LogP contribution >= 0.6 is 0 Å². The standard InChI is InChI=1S/C16H24O3/c1-6-13(15(17)19-7-2)16(5,18)14-9-8-11(3)10-12(14)4/h8-10,13,18H,6-7H2,1-5H3. The van der Waals surface area contributed by atoms with Gasteiger partial charge in [0.2, 0.25) is 0 Å². The molecule has 0 saturated carbocycles. The molecule has 1 aromatic carbocycles. The largest absolute Gasteiger partial charge is 0.466 e. The summed E-state index contributed by atoms with van der Waals surface area (Å²) in [5.74, 6) is -0.885. The summed E-state index contributed by atoms with van der Waals surface area (Å²) in [5, 5.41) is 10.8. The zero-order valence-electron chi connectivity index (χ0n) is 12.5. The van der Waals surface area contributed by atoms with Crippen molar-refractivity contribution in [3.63, 3.8) is 0 Å². The average Bonchev–Trinajstić information content (AvgIpc) is 2.28. The van der Waals surface area contributed by atoms with Crippen LogP contribution in [0.2, 0.25) is 0 Å². The van der Waals surface area contributed by atoms with Gasteiger partial charge in [0.15, 0.2) is 0 Å². The number of carbonyl (C=O) groups excluding carboxylic acids is 1. The highest BCUT2D eigenvalue weighted by Crippen LogP contribution is 2.34. The van der Waals surface area contributed by atoms with Gasteiger partial charge in [-0.3, -0.25) is 4.79 Å². The molecule has 0 heterocycles. The maximum atomic E-state index is 12.0. The van der Waals surface area contributed by atoms with Gasteiger partial charge in [0.25, 0.3) is 0 Å². The number of aryl methyl sites for hydroxylation is 2. The molecule has 106 valence electrons. The van der Waals surface area contributed by atoms with Crippen molar-refractivity contribution in [1.29, 1.82) is 0 Å². The summed E-state index contributed by atoms with van der Waals surface area (Å²) >= 11 is 0. The van der Waals surface area contributed by atoms with Crippen LogP contribution in [0.4, 0.5) is 0 Å². The summed E-state index contributed by atoms with van der Waals surface area (Å²) in [6.07, 6.45) is 0.541. The van der Waals surface area contributed by atoms with E-state index in [1.54, 1.807) is 13.8 Å². The Labute approximate surface area is 115 Å². The molecule has 2 atom stereocenters. The number of rotatable bonds is 5. The van der Waals surface area contributed by atoms with Crippen molar-refractivity contribution < 1.29 is 14.6 Å². The number of carbonyl (C=O) groups is 1. The van der Waals surface area contributed by atoms with Crippen LogP contribution in [0.25, 0.3) is 0 Å². The summed E-state index contributed by atoms with van der Waals surface area (Å²) < 4.78 is 5.07. The molecule has 0 fully saturated rings. The minimum absolute atomic E-state index is 0.332. The fraction of sp³-hybridized carbons (Fsp3) is 0.562. The fourth-order valence-electron chi connectivity index (χ4n) is 2.61. The molecule has 0 aliphatic rings. The van der Waals surface area contributed by atoms with Gasteiger partial charge in [-0.15, -0.1) is 0 Å². The topological polar surface area (TPSA) is 46.5 Å². The Morgan fingerprint density at radius 3 is 2.47 bits per heavy atom. The van der Waals surface area contributed by atoms with E-state index in [2.05, 4.69) is 0 Å². The predicted octanol–water partition coefficient (Wildman–Crippen LogP) is 3.10. The summed E-state index contributed by atoms with van der Waals surface area (Å²) in [7, 11) is 0. The molecular formula is C16H24O3. The normalized spacial score (nSPS) is 15.7. The quantitative estimate of drug-likeness (QED) is 0.831. The van der Waals surface area contributed by atoms with Crippen molar-refractivity contribution in [2.75, 3.05) is 6.61 Å². The molecule has 3 nitrogen and oxygen atoms in total. The van der Waals surface area contributed by atoms with Crippen molar-refractivity contribution in [3.8, 4) is 0 Å². The maximum Gasteiger partial charge on any atom is 0.312 e. The third kappa shape index (κ3) is 3.35. The smallest absolute Gasteiger partial charge is 0.312 e. The molecule has 0 aromatic heterocycles. The van der Waals surface area contributed by atoms with E-state index in [0.717, 1.165) is 16.7 Å². The van der Waals surface area contributed by atoms with Crippen LogP contribution in [0.1, 0.15) is 43.9 Å². The molecule has 0 radical (unpaired) electrons. The van der Waals surface area contributed by atoms with E-state index < -0.39 is 11.5 Å². The van der Waals surface area contributed by atoms with E-state index in [4.69, 9.17) is 4.74 Å². The number of benzene rings is 1. The Morgan fingerprint density at radius 1 is 1.37 bits per heavy atom. The zero-order chi connectivity index (χ0) is 14.6. The minimum atomic E-state index is -1.21. The van der Waals surface area contributed by atoms with Crippen LogP contribution in [-0.2, 0) is 15.1 Å². The zero-order valence-corrected chi connectivity index (χ0v) is 12.5. The van der Waals surface area contributed by atoms with Gasteiger partial charge in [0.1, 0.15) is 5.60 Å². The lowest BCUT2D eigenvalue weighted by Crippen LogP contribution is -2.38. The first-order valence-electron chi connectivity index (χ1n) is 6.81. The molecular weight excluding hydrogens is 240 g/mol. The van der Waals surface area contributed by atoms with Crippen LogP contribution < -0.4 is 0 Å². The lowest BCUT2D eigenvalue weighted by atomic mass is 9.79. The summed E-state index contributed by atoms with van der Waals surface area (Å²) in [6, 6.07) is 5.86. The third-order valence-corrected chi connectivity index (χ3v) is 3.59. The van der Waals surface area contributed by atoms with Gasteiger partial charge in [-0.05, 0) is 45.2 Å². The number of aliphatic hydroxyl groups is 1. The minimum Gasteiger partial charge on any atom is -0.466 e. The number of ether oxygens (including phenoxy) is 1. The van der Waals surface area contributed by atoms with Crippen LogP contribution in [0.5, 0.6) is 0 Å². The predicted molar refractivity (Wildman–Crippen MR) is 75.9 cm³/mol. The second-order valence-electron chi connectivity index (χ2n) is 5.18. The molecule has 0 aliphatic carbocycles. The van der Waals surface area contributed by atoms with Gasteiger partial charge < -0.3 is 9.84 Å². The maximum absolute atomic E-state index is 12.0. The van der Waals surface area contributed by atoms with E-state index in [-0.39, 0.29) is 5.97 Å². The van der Waals surface area contributed by atoms with E-state index in [1.807, 2.05) is 39.0 Å². The molecule has 0 bridgehead atoms. The molecule has 0 amide bonds. The van der Waals surface area contributed by atoms with E-state index in [1.165, 1.54) is 0 Å². The summed E-state index contributed by atoms with van der Waals surface area (Å²) in [5.41, 5.74) is 1.71. The van der Waals surface area contributed by atoms with Crippen molar-refractivity contribution in [2.45, 2.75) is 46.6 Å². The Morgan fingerprint density at radius 2 is 2.00 bits per heavy atom. The number of hydrogen-bond donors (Lipinski definition) is 1. The van der Waals surface area contributed by atoms with E-state index in [9.17, 15) is 9.90 Å². The van der Waals surface area contributed by atoms with Crippen molar-refractivity contribution in [2.24, 2.45) is 5.92 Å². The molecule has 0 saturated heterocycles. The van der Waals surface area contributed by atoms with Gasteiger partial charge in [0, 0.05) is 0 Å². The highest BCUT2D eigenvalue weighted by atomic mass is 16.5. The van der Waals surface area contributed by atoms with Crippen LogP contribution in [0.3, 0.4) is 0 Å². The second kappa shape index (κ2) is 6.20. The van der Waals surface area contributed by atoms with Crippen molar-refractivity contribution in [1.82, 2.24) is 0 Å². The van der Waals surface area contributed by atoms with E-state index >= 15 is 0 Å². The first kappa shape index (κ1) is 15.7. The molecule has 0 spiro atoms. The molecule has 0 aliphatic heterocycles. The monoisotopic (exact) mass is 264 g/mol. The highest BCUT2D eigenvalue weighted by molar-refractivity contribution is 5.74. The van der Waals surface area contributed by atoms with Crippen molar-refractivity contribution >= 4 is 5.97 Å². The Bertz CT molecular complexity index is 449. The van der Waals surface area contributed by atoms with Crippen LogP contribution in [0, 0.1) is 19.8 Å². The molecule has 19 heavy (non-hydrogen) atoms. The molecule has 2 unspecified atom stereocenters. The van der Waals surface area contributed by atoms with Gasteiger partial charge in [-0.2, -0.15) is 0 Å². The molecule has 1 N–H and O–H groups in total. The fourth-order valence-corrected chi connectivity index (χ4v) is 2.61. The Hall–Kier alpha value is -1.35. The molecule has 1 rings (SSSR count). The van der Waals surface area contributed by atoms with Crippen LogP contribution in [0.15, 0.2) is 18.2 Å². The average molecular weight is 264 g/mol. The second-order valence-corrected chi connectivity index (χ2v) is 5.18. The van der Waals surface area contributed by atoms with Gasteiger partial charge in [0.05, 0.1) is 12.5 Å². The number of hydrogen-bond acceptors (Lipinski definition) is 3. The number of esters is 1. The first-order chi connectivity index (χ1) is 8.84. The Balaban J connectivity index is 3.15. The van der Waals surface area contributed by atoms with Gasteiger partial charge in [-0.25, -0.2) is 0 Å². The third-order valence-electron chi connectivity index (χ3n) is 3.59. The summed E-state index contributed by atoms with van der Waals surface area (Å²) in [6.45, 7) is 9.65. The molecule has 1 aromatic rings. The molecule has 3 heteroatoms.